The molecule has 16 atom stereocenters. The van der Waals surface area contributed by atoms with Gasteiger partial charge in [0.25, 0.3) is 0 Å². The predicted octanol–water partition coefficient (Wildman–Crippen LogP) is -9.18. The van der Waals surface area contributed by atoms with E-state index in [1.54, 1.807) is 0 Å². The molecule has 0 amide bonds. The molecule has 0 spiro atoms. The van der Waals surface area contributed by atoms with Crippen LogP contribution in [0, 0.1) is 0 Å². The van der Waals surface area contributed by atoms with E-state index in [4.69, 9.17) is 28.4 Å². The molecule has 3 rings (SSSR count). The van der Waals surface area contributed by atoms with Crippen LogP contribution in [0.3, 0.4) is 0 Å². The summed E-state index contributed by atoms with van der Waals surface area (Å²) in [5, 5.41) is 110. The molecule has 13 N–H and O–H groups in total. The second-order valence-corrected chi connectivity index (χ2v) is 9.43. The Bertz CT molecular complexity index is 738. The normalized spacial score (nSPS) is 48.2. The van der Waals surface area contributed by atoms with Crippen LogP contribution < -0.4 is 10.6 Å². The number of hydroxylamine groups is 1. The van der Waals surface area contributed by atoms with Crippen molar-refractivity contribution in [2.75, 3.05) is 33.6 Å². The Balaban J connectivity index is 1.67. The van der Waals surface area contributed by atoms with Crippen LogP contribution in [0.1, 0.15) is 0 Å². The van der Waals surface area contributed by atoms with Gasteiger partial charge in [0.05, 0.1) is 19.8 Å². The second kappa shape index (κ2) is 14.4. The third-order valence-electron chi connectivity index (χ3n) is 6.63. The van der Waals surface area contributed by atoms with Crippen LogP contribution in [0.5, 0.6) is 0 Å². The van der Waals surface area contributed by atoms with Crippen LogP contribution in [0.25, 0.3) is 0 Å². The van der Waals surface area contributed by atoms with E-state index in [0.29, 0.717) is 0 Å². The molecule has 3 fully saturated rings. The maximum Gasteiger partial charge on any atom is 0.188 e. The number of nitrogens with one attached hydrogen (secondary N) is 2. The number of hydrogen-bond acceptors (Lipinski definition) is 18. The molecule has 3 aliphatic heterocycles. The predicted molar refractivity (Wildman–Crippen MR) is 117 cm³/mol. The van der Waals surface area contributed by atoms with Gasteiger partial charge < -0.3 is 79.5 Å². The molecule has 0 aromatic heterocycles. The summed E-state index contributed by atoms with van der Waals surface area (Å²) >= 11 is 0. The van der Waals surface area contributed by atoms with Crippen molar-refractivity contribution < 1.29 is 89.9 Å². The molecule has 0 aromatic carbocycles. The standard InChI is InChI=1S/C20H38N2O17/c1-22(33)21-5-35-19-16(32)17(11(27)7(3-24)37-19)39-20-15(31)13(29)10(26)8(38-20)4-34-18-14(30)12(28)9(25)6(2-23)36-18/h6-21,23-33H,2-5H2,1H3/p+1/t6-,7-,8-,9-,10-,11-,12+,13+,14-,15-,16-,17+,18-,19-,20+/m1/s1. The van der Waals surface area contributed by atoms with E-state index < -0.39 is 112 Å². The van der Waals surface area contributed by atoms with Crippen molar-refractivity contribution >= 4 is 0 Å². The van der Waals surface area contributed by atoms with Crippen LogP contribution in [0.4, 0.5) is 0 Å². The molecular formula is C20H39N2O17+. The maximum absolute atomic E-state index is 10.7. The van der Waals surface area contributed by atoms with Gasteiger partial charge in [-0.15, -0.1) is 10.6 Å². The van der Waals surface area contributed by atoms with E-state index in [1.165, 1.54) is 7.05 Å². The first kappa shape index (κ1) is 32.8. The van der Waals surface area contributed by atoms with Gasteiger partial charge in [0.15, 0.2) is 18.9 Å². The third kappa shape index (κ3) is 7.55. The van der Waals surface area contributed by atoms with Crippen molar-refractivity contribution in [1.82, 2.24) is 5.43 Å². The molecule has 0 saturated carbocycles. The van der Waals surface area contributed by atoms with E-state index in [2.05, 4.69) is 5.43 Å². The second-order valence-electron chi connectivity index (χ2n) is 9.43. The topological polar surface area (TPSA) is 294 Å². The summed E-state index contributed by atoms with van der Waals surface area (Å²) in [6, 6.07) is 0. The maximum atomic E-state index is 10.7. The largest absolute Gasteiger partial charge is 0.394 e. The lowest BCUT2D eigenvalue weighted by Gasteiger charge is -2.46. The van der Waals surface area contributed by atoms with Crippen LogP contribution >= 0.6 is 0 Å². The van der Waals surface area contributed by atoms with Crippen molar-refractivity contribution in [3.05, 3.63) is 0 Å². The third-order valence-corrected chi connectivity index (χ3v) is 6.63. The minimum absolute atomic E-state index is 0.199. The number of rotatable bonds is 11. The summed E-state index contributed by atoms with van der Waals surface area (Å²) in [6.45, 7) is -2.40. The van der Waals surface area contributed by atoms with Crippen molar-refractivity contribution in [2.45, 2.75) is 92.1 Å². The Labute approximate surface area is 221 Å². The first-order valence-corrected chi connectivity index (χ1v) is 12.2. The summed E-state index contributed by atoms with van der Waals surface area (Å²) in [6.07, 6.45) is -24.6. The number of aliphatic hydroxyl groups excluding tert-OH is 10. The van der Waals surface area contributed by atoms with E-state index in [1.807, 2.05) is 0 Å². The molecule has 39 heavy (non-hydrogen) atoms. The molecule has 230 valence electrons. The molecule has 3 heterocycles. The summed E-state index contributed by atoms with van der Waals surface area (Å²) in [7, 11) is 1.33. The highest BCUT2D eigenvalue weighted by Crippen LogP contribution is 2.30. The zero-order valence-electron chi connectivity index (χ0n) is 20.9. The Morgan fingerprint density at radius 1 is 0.615 bits per heavy atom. The molecule has 3 saturated heterocycles. The molecule has 19 heteroatoms. The number of aliphatic hydroxyl groups is 10. The van der Waals surface area contributed by atoms with E-state index >= 15 is 0 Å². The minimum atomic E-state index is -1.90. The van der Waals surface area contributed by atoms with Gasteiger partial charge >= 0.3 is 0 Å². The minimum Gasteiger partial charge on any atom is -0.394 e. The Kier molecular flexibility index (Phi) is 12.1. The summed E-state index contributed by atoms with van der Waals surface area (Å²) in [5.74, 6) is 0. The zero-order valence-corrected chi connectivity index (χ0v) is 20.9. The van der Waals surface area contributed by atoms with Gasteiger partial charge in [0.2, 0.25) is 0 Å². The van der Waals surface area contributed by atoms with Crippen LogP contribution in [-0.4, -0.2) is 182 Å². The fourth-order valence-electron chi connectivity index (χ4n) is 4.30. The first-order valence-electron chi connectivity index (χ1n) is 12.2. The van der Waals surface area contributed by atoms with Gasteiger partial charge in [-0.3, -0.25) is 0 Å². The molecule has 0 bridgehead atoms. The van der Waals surface area contributed by atoms with Crippen molar-refractivity contribution in [3.8, 4) is 0 Å². The van der Waals surface area contributed by atoms with E-state index in [-0.39, 0.29) is 11.9 Å². The van der Waals surface area contributed by atoms with E-state index in [9.17, 15) is 56.3 Å². The fraction of sp³-hybridized carbons (Fsp3) is 1.00. The van der Waals surface area contributed by atoms with E-state index in [0.717, 1.165) is 0 Å². The number of ether oxygens (including phenoxy) is 6. The highest BCUT2D eigenvalue weighted by Gasteiger charge is 2.51. The Hall–Kier alpha value is -0.760. The van der Waals surface area contributed by atoms with Gasteiger partial charge in [-0.1, -0.05) is 0 Å². The fourth-order valence-corrected chi connectivity index (χ4v) is 4.30. The van der Waals surface area contributed by atoms with Gasteiger partial charge in [-0.05, 0) is 0 Å². The Morgan fingerprint density at radius 3 is 1.67 bits per heavy atom. The molecule has 0 aromatic rings. The number of hydrogen-bond donors (Lipinski definition) is 13. The average molecular weight is 580 g/mol. The molecule has 19 nitrogen and oxygen atoms in total. The van der Waals surface area contributed by atoms with Crippen molar-refractivity contribution in [3.63, 3.8) is 0 Å². The van der Waals surface area contributed by atoms with Crippen LogP contribution in [-0.2, 0) is 28.4 Å². The SMILES string of the molecule is C[NH+](O)NCO[C@@H]1O[C@H](CO)[C@@H](O)[C@H](O[C@@H]2O[C@H](CO[C@@H]3O[C@H](CO)[C@@H](O)[C@H](O)[C@H]3O)[C@@H](O)[C@H](O)[C@H]2O)[C@H]1O. The lowest BCUT2D eigenvalue weighted by molar-refractivity contribution is -1.11. The molecule has 1 unspecified atom stereocenters. The smallest absolute Gasteiger partial charge is 0.188 e. The summed E-state index contributed by atoms with van der Waals surface area (Å²) in [4.78, 5) is 0. The average Bonchev–Trinajstić information content (AvgIpc) is 2.90. The van der Waals surface area contributed by atoms with Crippen LogP contribution in [0.15, 0.2) is 0 Å². The van der Waals surface area contributed by atoms with Gasteiger partial charge in [-0.25, -0.2) is 0 Å². The van der Waals surface area contributed by atoms with Gasteiger partial charge in [-0.2, -0.15) is 5.21 Å². The lowest BCUT2D eigenvalue weighted by atomic mass is 9.97. The Morgan fingerprint density at radius 2 is 1.10 bits per heavy atom. The highest BCUT2D eigenvalue weighted by molar-refractivity contribution is 4.95. The lowest BCUT2D eigenvalue weighted by Crippen LogP contribution is -3.13. The quantitative estimate of drug-likeness (QED) is 0.0798. The first-order chi connectivity index (χ1) is 18.4. The monoisotopic (exact) mass is 579 g/mol. The van der Waals surface area contributed by atoms with Gasteiger partial charge in [0.1, 0.15) is 87.0 Å². The molecule has 3 aliphatic rings. The highest BCUT2D eigenvalue weighted by atomic mass is 16.8. The summed E-state index contributed by atoms with van der Waals surface area (Å²) in [5.41, 5.74) is 2.41. The zero-order chi connectivity index (χ0) is 29.0. The van der Waals surface area contributed by atoms with Crippen molar-refractivity contribution in [1.29, 1.82) is 0 Å². The molecular weight excluding hydrogens is 540 g/mol. The summed E-state index contributed by atoms with van der Waals surface area (Å²) < 4.78 is 32.2. The van der Waals surface area contributed by atoms with Gasteiger partial charge in [0, 0.05) is 0 Å². The molecule has 0 radical (unpaired) electrons. The number of quaternary nitrogens is 1. The van der Waals surface area contributed by atoms with Crippen molar-refractivity contribution in [2.24, 2.45) is 0 Å². The van der Waals surface area contributed by atoms with Crippen LogP contribution in [0.2, 0.25) is 0 Å². The molecule has 0 aliphatic carbocycles.